The SMILES string of the molecule is OCC1CCN(c2ncncc2-c2ccc(Br)cc2)CC1O. The van der Waals surface area contributed by atoms with Gasteiger partial charge < -0.3 is 15.1 Å². The fourth-order valence-corrected chi connectivity index (χ4v) is 3.06. The van der Waals surface area contributed by atoms with E-state index < -0.39 is 6.10 Å². The van der Waals surface area contributed by atoms with E-state index in [4.69, 9.17) is 0 Å². The minimum atomic E-state index is -0.536. The van der Waals surface area contributed by atoms with Crippen molar-refractivity contribution in [2.75, 3.05) is 24.6 Å². The molecule has 1 aromatic heterocycles. The van der Waals surface area contributed by atoms with Gasteiger partial charge in [0.25, 0.3) is 0 Å². The van der Waals surface area contributed by atoms with Crippen molar-refractivity contribution in [3.8, 4) is 11.1 Å². The Morgan fingerprint density at radius 3 is 2.73 bits per heavy atom. The molecule has 5 nitrogen and oxygen atoms in total. The summed E-state index contributed by atoms with van der Waals surface area (Å²) in [6, 6.07) is 8.00. The number of nitrogens with zero attached hydrogens (tertiary/aromatic N) is 3. The second kappa shape index (κ2) is 6.73. The number of halogens is 1. The number of aromatic nitrogens is 2. The standard InChI is InChI=1S/C16H18BrN3O2/c17-13-3-1-11(2-4-13)14-7-18-10-19-16(14)20-6-5-12(9-21)15(22)8-20/h1-4,7,10,12,15,21-22H,5-6,8-9H2. The van der Waals surface area contributed by atoms with Crippen LogP contribution in [0.15, 0.2) is 41.3 Å². The lowest BCUT2D eigenvalue weighted by Gasteiger charge is -2.36. The van der Waals surface area contributed by atoms with E-state index >= 15 is 0 Å². The Bertz CT molecular complexity index is 636. The van der Waals surface area contributed by atoms with Crippen molar-refractivity contribution >= 4 is 21.7 Å². The van der Waals surface area contributed by atoms with Gasteiger partial charge in [0, 0.05) is 41.8 Å². The lowest BCUT2D eigenvalue weighted by atomic mass is 9.94. The maximum atomic E-state index is 10.1. The van der Waals surface area contributed by atoms with E-state index in [2.05, 4.69) is 30.8 Å². The van der Waals surface area contributed by atoms with Crippen LogP contribution >= 0.6 is 15.9 Å². The average molecular weight is 364 g/mol. The molecule has 1 aromatic carbocycles. The number of benzene rings is 1. The van der Waals surface area contributed by atoms with E-state index in [9.17, 15) is 10.2 Å². The molecular formula is C16H18BrN3O2. The van der Waals surface area contributed by atoms with Crippen molar-refractivity contribution in [1.82, 2.24) is 9.97 Å². The van der Waals surface area contributed by atoms with Crippen LogP contribution in [0.4, 0.5) is 5.82 Å². The van der Waals surface area contributed by atoms with Crippen LogP contribution in [0.5, 0.6) is 0 Å². The molecule has 0 bridgehead atoms. The molecule has 0 spiro atoms. The Kier molecular flexibility index (Phi) is 4.71. The van der Waals surface area contributed by atoms with Crippen LogP contribution in [0.1, 0.15) is 6.42 Å². The van der Waals surface area contributed by atoms with Crippen LogP contribution < -0.4 is 4.90 Å². The molecule has 2 aromatic rings. The van der Waals surface area contributed by atoms with Crippen LogP contribution in [0.25, 0.3) is 11.1 Å². The quantitative estimate of drug-likeness (QED) is 0.873. The first-order chi connectivity index (χ1) is 10.7. The second-order valence-corrected chi connectivity index (χ2v) is 6.43. The van der Waals surface area contributed by atoms with Crippen LogP contribution in [-0.2, 0) is 0 Å². The van der Waals surface area contributed by atoms with E-state index in [1.165, 1.54) is 6.33 Å². The molecule has 2 N–H and O–H groups in total. The first-order valence-corrected chi connectivity index (χ1v) is 8.08. The number of aliphatic hydroxyl groups is 2. The predicted octanol–water partition coefficient (Wildman–Crippen LogP) is 2.09. The number of β-amino-alcohol motifs (C(OH)–C–C–N with tert-alkyl or cyclic N) is 1. The van der Waals surface area contributed by atoms with Gasteiger partial charge in [-0.3, -0.25) is 0 Å². The Morgan fingerprint density at radius 1 is 1.27 bits per heavy atom. The summed E-state index contributed by atoms with van der Waals surface area (Å²) in [5.41, 5.74) is 1.99. The van der Waals surface area contributed by atoms with E-state index in [0.29, 0.717) is 6.54 Å². The molecule has 1 aliphatic rings. The molecule has 1 aliphatic heterocycles. The number of hydrogen-bond acceptors (Lipinski definition) is 5. The molecule has 0 amide bonds. The lowest BCUT2D eigenvalue weighted by Crippen LogP contribution is -2.45. The first-order valence-electron chi connectivity index (χ1n) is 7.29. The Labute approximate surface area is 137 Å². The van der Waals surface area contributed by atoms with Gasteiger partial charge in [0.1, 0.15) is 12.1 Å². The summed E-state index contributed by atoms with van der Waals surface area (Å²) in [5.74, 6) is 0.780. The summed E-state index contributed by atoms with van der Waals surface area (Å²) in [6.07, 6.45) is 3.55. The normalized spacial score (nSPS) is 21.9. The highest BCUT2D eigenvalue weighted by Crippen LogP contribution is 2.31. The van der Waals surface area contributed by atoms with Gasteiger partial charge in [0.05, 0.1) is 6.10 Å². The van der Waals surface area contributed by atoms with Crippen LogP contribution in [0, 0.1) is 5.92 Å². The summed E-state index contributed by atoms with van der Waals surface area (Å²) in [5, 5.41) is 19.4. The van der Waals surface area contributed by atoms with Crippen molar-refractivity contribution in [3.05, 3.63) is 41.3 Å². The average Bonchev–Trinajstić information content (AvgIpc) is 2.55. The third-order valence-electron chi connectivity index (χ3n) is 4.10. The molecule has 3 rings (SSSR count). The molecular weight excluding hydrogens is 346 g/mol. The molecule has 2 unspecified atom stereocenters. The number of rotatable bonds is 3. The van der Waals surface area contributed by atoms with Gasteiger partial charge in [-0.25, -0.2) is 9.97 Å². The van der Waals surface area contributed by atoms with Gasteiger partial charge in [0.15, 0.2) is 0 Å². The van der Waals surface area contributed by atoms with Gasteiger partial charge in [0.2, 0.25) is 0 Å². The highest BCUT2D eigenvalue weighted by molar-refractivity contribution is 9.10. The maximum Gasteiger partial charge on any atom is 0.139 e. The minimum absolute atomic E-state index is 0.0261. The van der Waals surface area contributed by atoms with Gasteiger partial charge in [-0.15, -0.1) is 0 Å². The third-order valence-corrected chi connectivity index (χ3v) is 4.63. The highest BCUT2D eigenvalue weighted by atomic mass is 79.9. The van der Waals surface area contributed by atoms with E-state index in [0.717, 1.165) is 34.4 Å². The third kappa shape index (κ3) is 3.14. The molecule has 1 fully saturated rings. The fraction of sp³-hybridized carbons (Fsp3) is 0.375. The summed E-state index contributed by atoms with van der Waals surface area (Å²) < 4.78 is 1.02. The second-order valence-electron chi connectivity index (χ2n) is 5.51. The van der Waals surface area contributed by atoms with Crippen molar-refractivity contribution in [1.29, 1.82) is 0 Å². The fourth-order valence-electron chi connectivity index (χ4n) is 2.79. The van der Waals surface area contributed by atoms with Crippen molar-refractivity contribution < 1.29 is 10.2 Å². The van der Waals surface area contributed by atoms with E-state index in [1.807, 2.05) is 24.3 Å². The van der Waals surface area contributed by atoms with Gasteiger partial charge in [-0.1, -0.05) is 28.1 Å². The van der Waals surface area contributed by atoms with E-state index in [-0.39, 0.29) is 12.5 Å². The van der Waals surface area contributed by atoms with Crippen LogP contribution in [-0.4, -0.2) is 46.0 Å². The van der Waals surface area contributed by atoms with Gasteiger partial charge in [-0.2, -0.15) is 0 Å². The van der Waals surface area contributed by atoms with Crippen LogP contribution in [0.3, 0.4) is 0 Å². The van der Waals surface area contributed by atoms with Crippen molar-refractivity contribution in [2.24, 2.45) is 5.92 Å². The Hall–Kier alpha value is -1.50. The summed E-state index contributed by atoms with van der Waals surface area (Å²) in [6.45, 7) is 1.27. The largest absolute Gasteiger partial charge is 0.396 e. The molecule has 116 valence electrons. The summed E-state index contributed by atoms with van der Waals surface area (Å²) >= 11 is 3.44. The molecule has 0 saturated carbocycles. The Morgan fingerprint density at radius 2 is 2.05 bits per heavy atom. The molecule has 6 heteroatoms. The highest BCUT2D eigenvalue weighted by Gasteiger charge is 2.28. The first kappa shape index (κ1) is 15.4. The number of aliphatic hydroxyl groups excluding tert-OH is 2. The summed E-state index contributed by atoms with van der Waals surface area (Å²) in [7, 11) is 0. The zero-order valence-corrected chi connectivity index (χ0v) is 13.6. The van der Waals surface area contributed by atoms with Gasteiger partial charge >= 0.3 is 0 Å². The minimum Gasteiger partial charge on any atom is -0.396 e. The molecule has 1 saturated heterocycles. The smallest absolute Gasteiger partial charge is 0.139 e. The van der Waals surface area contributed by atoms with Crippen LogP contribution in [0.2, 0.25) is 0 Å². The zero-order chi connectivity index (χ0) is 15.5. The summed E-state index contributed by atoms with van der Waals surface area (Å²) in [4.78, 5) is 10.6. The van der Waals surface area contributed by atoms with Crippen molar-refractivity contribution in [3.63, 3.8) is 0 Å². The van der Waals surface area contributed by atoms with Crippen molar-refractivity contribution in [2.45, 2.75) is 12.5 Å². The maximum absolute atomic E-state index is 10.1. The number of piperidine rings is 1. The lowest BCUT2D eigenvalue weighted by molar-refractivity contribution is 0.0546. The number of hydrogen-bond donors (Lipinski definition) is 2. The predicted molar refractivity (Wildman–Crippen MR) is 88.6 cm³/mol. The number of anilines is 1. The molecule has 22 heavy (non-hydrogen) atoms. The molecule has 2 atom stereocenters. The zero-order valence-electron chi connectivity index (χ0n) is 12.1. The monoisotopic (exact) mass is 363 g/mol. The van der Waals surface area contributed by atoms with Gasteiger partial charge in [-0.05, 0) is 24.1 Å². The molecule has 0 aliphatic carbocycles. The molecule has 0 radical (unpaired) electrons. The molecule has 2 heterocycles. The topological polar surface area (TPSA) is 69.5 Å². The Balaban J connectivity index is 1.90. The van der Waals surface area contributed by atoms with E-state index in [1.54, 1.807) is 6.20 Å².